The van der Waals surface area contributed by atoms with Gasteiger partial charge in [0.1, 0.15) is 11.3 Å². The van der Waals surface area contributed by atoms with Crippen LogP contribution in [-0.4, -0.2) is 53.5 Å². The molecule has 0 N–H and O–H groups in total. The molecular weight excluding hydrogens is 354 g/mol. The highest BCUT2D eigenvalue weighted by molar-refractivity contribution is 5.97. The van der Waals surface area contributed by atoms with Gasteiger partial charge in [-0.3, -0.25) is 9.20 Å². The number of benzene rings is 1. The van der Waals surface area contributed by atoms with Crippen LogP contribution in [0.4, 0.5) is 0 Å². The lowest BCUT2D eigenvalue weighted by Gasteiger charge is -2.32. The molecule has 0 spiro atoms. The smallest absolute Gasteiger partial charge is 0.253 e. The zero-order valence-electron chi connectivity index (χ0n) is 15.7. The first-order chi connectivity index (χ1) is 13.7. The summed E-state index contributed by atoms with van der Waals surface area (Å²) in [6, 6.07) is 11.5. The largest absolute Gasteiger partial charge is 0.338 e. The number of aryl methyl sites for hydroxylation is 1. The summed E-state index contributed by atoms with van der Waals surface area (Å²) >= 11 is 0. The predicted molar refractivity (Wildman–Crippen MR) is 104 cm³/mol. The normalized spacial score (nSPS) is 17.5. The molecule has 1 aliphatic heterocycles. The van der Waals surface area contributed by atoms with Crippen LogP contribution in [0.25, 0.3) is 16.7 Å². The van der Waals surface area contributed by atoms with Crippen molar-refractivity contribution in [1.29, 1.82) is 0 Å². The topological polar surface area (TPSA) is 81.2 Å². The van der Waals surface area contributed by atoms with Gasteiger partial charge in [0.25, 0.3) is 5.91 Å². The number of hydrogen-bond donors (Lipinski definition) is 0. The van der Waals surface area contributed by atoms with E-state index in [9.17, 15) is 4.79 Å². The van der Waals surface area contributed by atoms with Crippen LogP contribution in [0.3, 0.4) is 0 Å². The lowest BCUT2D eigenvalue weighted by atomic mass is 9.96. The summed E-state index contributed by atoms with van der Waals surface area (Å²) < 4.78 is 3.85. The summed E-state index contributed by atoms with van der Waals surface area (Å²) in [5.41, 5.74) is 3.20. The Labute approximate surface area is 161 Å². The number of nitrogens with zero attached hydrogens (tertiary/aromatic N) is 7. The third-order valence-corrected chi connectivity index (χ3v) is 5.47. The SMILES string of the molecule is CCn1nnc2cc(C(=O)N3CCC[C@@H](c4nnc5ccccn45)C3)ccc21. The molecule has 0 bridgehead atoms. The van der Waals surface area contributed by atoms with E-state index in [-0.39, 0.29) is 11.8 Å². The van der Waals surface area contributed by atoms with E-state index in [4.69, 9.17) is 0 Å². The molecule has 1 amide bonds. The fourth-order valence-corrected chi connectivity index (χ4v) is 4.03. The Hall–Kier alpha value is -3.29. The molecule has 142 valence electrons. The average Bonchev–Trinajstić information content (AvgIpc) is 3.36. The Bertz CT molecular complexity index is 1160. The average molecular weight is 375 g/mol. The number of hydrogen-bond acceptors (Lipinski definition) is 5. The van der Waals surface area contributed by atoms with E-state index in [0.29, 0.717) is 12.1 Å². The van der Waals surface area contributed by atoms with E-state index in [2.05, 4.69) is 20.5 Å². The fraction of sp³-hybridized carbons (Fsp3) is 0.350. The molecular formula is C20H21N7O. The molecule has 0 unspecified atom stereocenters. The standard InChI is InChI=1S/C20H21N7O/c1-2-27-17-9-8-14(12-16(17)21-24-27)20(28)25-10-5-6-15(13-25)19-23-22-18-7-3-4-11-26(18)19/h3-4,7-9,11-12,15H,2,5-6,10,13H2,1H3/t15-/m1/s1. The van der Waals surface area contributed by atoms with Gasteiger partial charge in [-0.05, 0) is 50.1 Å². The second-order valence-corrected chi connectivity index (χ2v) is 7.19. The second-order valence-electron chi connectivity index (χ2n) is 7.19. The highest BCUT2D eigenvalue weighted by Gasteiger charge is 2.28. The molecule has 1 saturated heterocycles. The van der Waals surface area contributed by atoms with Gasteiger partial charge in [0.15, 0.2) is 5.65 Å². The molecule has 4 aromatic rings. The zero-order chi connectivity index (χ0) is 19.1. The molecule has 0 saturated carbocycles. The van der Waals surface area contributed by atoms with Crippen molar-refractivity contribution in [3.8, 4) is 0 Å². The minimum atomic E-state index is 0.0338. The van der Waals surface area contributed by atoms with Crippen molar-refractivity contribution in [3.63, 3.8) is 0 Å². The number of rotatable bonds is 3. The van der Waals surface area contributed by atoms with Gasteiger partial charge in [0.2, 0.25) is 0 Å². The first kappa shape index (κ1) is 16.9. The molecule has 1 atom stereocenters. The van der Waals surface area contributed by atoms with Crippen molar-refractivity contribution < 1.29 is 4.79 Å². The van der Waals surface area contributed by atoms with Crippen molar-refractivity contribution in [2.45, 2.75) is 32.2 Å². The highest BCUT2D eigenvalue weighted by atomic mass is 16.2. The van der Waals surface area contributed by atoms with Gasteiger partial charge < -0.3 is 4.90 Å². The number of piperidine rings is 1. The summed E-state index contributed by atoms with van der Waals surface area (Å²) in [6.45, 7) is 4.18. The van der Waals surface area contributed by atoms with Crippen LogP contribution >= 0.6 is 0 Å². The van der Waals surface area contributed by atoms with Crippen molar-refractivity contribution in [2.24, 2.45) is 0 Å². The van der Waals surface area contributed by atoms with Gasteiger partial charge in [-0.2, -0.15) is 0 Å². The fourth-order valence-electron chi connectivity index (χ4n) is 4.03. The molecule has 1 aliphatic rings. The zero-order valence-corrected chi connectivity index (χ0v) is 15.7. The quantitative estimate of drug-likeness (QED) is 0.550. The van der Waals surface area contributed by atoms with E-state index < -0.39 is 0 Å². The van der Waals surface area contributed by atoms with E-state index in [1.165, 1.54) is 0 Å². The number of carbonyl (C=O) groups excluding carboxylic acids is 1. The summed E-state index contributed by atoms with van der Waals surface area (Å²) in [5, 5.41) is 17.0. The second kappa shape index (κ2) is 6.70. The van der Waals surface area contributed by atoms with Crippen molar-refractivity contribution >= 4 is 22.6 Å². The Morgan fingerprint density at radius 1 is 1.18 bits per heavy atom. The van der Waals surface area contributed by atoms with Crippen LogP contribution < -0.4 is 0 Å². The number of fused-ring (bicyclic) bond motifs is 2. The first-order valence-corrected chi connectivity index (χ1v) is 9.67. The molecule has 8 heteroatoms. The van der Waals surface area contributed by atoms with Crippen LogP contribution in [0.5, 0.6) is 0 Å². The van der Waals surface area contributed by atoms with Gasteiger partial charge in [0, 0.05) is 37.3 Å². The van der Waals surface area contributed by atoms with Crippen LogP contribution in [0, 0.1) is 0 Å². The molecule has 1 fully saturated rings. The molecule has 0 radical (unpaired) electrons. The minimum Gasteiger partial charge on any atom is -0.338 e. The molecule has 3 aromatic heterocycles. The van der Waals surface area contributed by atoms with E-state index in [0.717, 1.165) is 48.4 Å². The lowest BCUT2D eigenvalue weighted by molar-refractivity contribution is 0.0704. The monoisotopic (exact) mass is 375 g/mol. The van der Waals surface area contributed by atoms with Gasteiger partial charge in [-0.1, -0.05) is 11.3 Å². The predicted octanol–water partition coefficient (Wildman–Crippen LogP) is 2.51. The molecule has 4 heterocycles. The van der Waals surface area contributed by atoms with Crippen LogP contribution in [0.2, 0.25) is 0 Å². The van der Waals surface area contributed by atoms with Gasteiger partial charge in [-0.15, -0.1) is 15.3 Å². The van der Waals surface area contributed by atoms with Gasteiger partial charge >= 0.3 is 0 Å². The molecule has 5 rings (SSSR count). The maximum Gasteiger partial charge on any atom is 0.253 e. The maximum absolute atomic E-state index is 13.1. The van der Waals surface area contributed by atoms with Gasteiger partial charge in [-0.25, -0.2) is 4.68 Å². The minimum absolute atomic E-state index is 0.0338. The highest BCUT2D eigenvalue weighted by Crippen LogP contribution is 2.27. The molecule has 8 nitrogen and oxygen atoms in total. The van der Waals surface area contributed by atoms with E-state index in [1.54, 1.807) is 0 Å². The van der Waals surface area contributed by atoms with Gasteiger partial charge in [0.05, 0.1) is 5.52 Å². The Balaban J connectivity index is 1.41. The summed E-state index contributed by atoms with van der Waals surface area (Å²) in [5.74, 6) is 1.14. The number of aromatic nitrogens is 6. The number of amides is 1. The molecule has 28 heavy (non-hydrogen) atoms. The third-order valence-electron chi connectivity index (χ3n) is 5.47. The third kappa shape index (κ3) is 2.72. The van der Waals surface area contributed by atoms with E-state index in [1.807, 2.05) is 63.5 Å². The number of likely N-dealkylation sites (tertiary alicyclic amines) is 1. The Morgan fingerprint density at radius 3 is 3.00 bits per heavy atom. The Morgan fingerprint density at radius 2 is 2.11 bits per heavy atom. The molecule has 1 aromatic carbocycles. The van der Waals surface area contributed by atoms with Crippen LogP contribution in [0.1, 0.15) is 41.9 Å². The Kier molecular flexibility index (Phi) is 4.03. The maximum atomic E-state index is 13.1. The lowest BCUT2D eigenvalue weighted by Crippen LogP contribution is -2.39. The van der Waals surface area contributed by atoms with Crippen molar-refractivity contribution in [1.82, 2.24) is 34.5 Å². The number of pyridine rings is 1. The summed E-state index contributed by atoms with van der Waals surface area (Å²) in [7, 11) is 0. The van der Waals surface area contributed by atoms with E-state index >= 15 is 0 Å². The first-order valence-electron chi connectivity index (χ1n) is 9.67. The summed E-state index contributed by atoms with van der Waals surface area (Å²) in [6.07, 6.45) is 3.94. The molecule has 0 aliphatic carbocycles. The van der Waals surface area contributed by atoms with Crippen LogP contribution in [0.15, 0.2) is 42.6 Å². The number of carbonyl (C=O) groups is 1. The van der Waals surface area contributed by atoms with Crippen molar-refractivity contribution in [2.75, 3.05) is 13.1 Å². The van der Waals surface area contributed by atoms with Crippen molar-refractivity contribution in [3.05, 3.63) is 54.0 Å². The summed E-state index contributed by atoms with van der Waals surface area (Å²) in [4.78, 5) is 15.0. The van der Waals surface area contributed by atoms with Crippen LogP contribution in [-0.2, 0) is 6.54 Å².